The van der Waals surface area contributed by atoms with Gasteiger partial charge in [0.05, 0.1) is 6.61 Å². The van der Waals surface area contributed by atoms with E-state index in [9.17, 15) is 19.2 Å². The summed E-state index contributed by atoms with van der Waals surface area (Å²) < 4.78 is 17.2. The third-order valence-electron chi connectivity index (χ3n) is 7.72. The van der Waals surface area contributed by atoms with Crippen LogP contribution >= 0.6 is 0 Å². The zero-order valence-corrected chi connectivity index (χ0v) is 25.3. The number of rotatable bonds is 11. The Morgan fingerprint density at radius 3 is 2.50 bits per heavy atom. The van der Waals surface area contributed by atoms with Crippen LogP contribution < -0.4 is 4.74 Å². The molecule has 0 spiro atoms. The van der Waals surface area contributed by atoms with Crippen LogP contribution in [0.4, 0.5) is 4.79 Å². The number of likely N-dealkylation sites (tertiary alicyclic amines) is 2. The molecule has 4 rings (SSSR count). The fraction of sp³-hybridized carbons (Fsp3) is 0.655. The van der Waals surface area contributed by atoms with Crippen molar-refractivity contribution in [1.29, 1.82) is 0 Å². The van der Waals surface area contributed by atoms with E-state index in [0.29, 0.717) is 63.4 Å². The SMILES string of the molecule is CCCCOC(=O)N1CCC(Oc2ccc3c(c2)C(=O)N(C2CCC(=O)N(COCC[Si](C)(C)C)C2=O)C3)CC1. The molecule has 1 atom stereocenters. The Hall–Kier alpha value is -2.92. The molecule has 1 aromatic carbocycles. The number of ether oxygens (including phenoxy) is 3. The summed E-state index contributed by atoms with van der Waals surface area (Å²) in [5.74, 6) is -0.255. The summed E-state index contributed by atoms with van der Waals surface area (Å²) in [5.41, 5.74) is 1.36. The number of nitrogens with zero attached hydrogens (tertiary/aromatic N) is 3. The van der Waals surface area contributed by atoms with Crippen molar-refractivity contribution in [3.63, 3.8) is 0 Å². The van der Waals surface area contributed by atoms with Gasteiger partial charge in [-0.15, -0.1) is 0 Å². The van der Waals surface area contributed by atoms with Crippen molar-refractivity contribution < 1.29 is 33.4 Å². The molecule has 0 aliphatic carbocycles. The predicted octanol–water partition coefficient (Wildman–Crippen LogP) is 4.25. The van der Waals surface area contributed by atoms with E-state index in [-0.39, 0.29) is 43.1 Å². The number of carbonyl (C=O) groups is 4. The van der Waals surface area contributed by atoms with Gasteiger partial charge in [0.2, 0.25) is 5.91 Å². The molecular formula is C29H43N3O7Si. The van der Waals surface area contributed by atoms with Gasteiger partial charge in [0.1, 0.15) is 24.6 Å². The molecule has 10 nitrogen and oxygen atoms in total. The van der Waals surface area contributed by atoms with E-state index in [4.69, 9.17) is 14.2 Å². The van der Waals surface area contributed by atoms with E-state index >= 15 is 0 Å². The lowest BCUT2D eigenvalue weighted by Gasteiger charge is -2.35. The first kappa shape index (κ1) is 30.0. The summed E-state index contributed by atoms with van der Waals surface area (Å²) in [5, 5.41) is 0. The molecule has 220 valence electrons. The molecular weight excluding hydrogens is 530 g/mol. The van der Waals surface area contributed by atoms with Crippen LogP contribution in [0.3, 0.4) is 0 Å². The number of unbranched alkanes of at least 4 members (excludes halogenated alkanes) is 1. The molecule has 0 N–H and O–H groups in total. The third-order valence-corrected chi connectivity index (χ3v) is 9.42. The Kier molecular flexibility index (Phi) is 9.89. The topological polar surface area (TPSA) is 106 Å². The van der Waals surface area contributed by atoms with Crippen molar-refractivity contribution in [1.82, 2.24) is 14.7 Å². The molecule has 0 saturated carbocycles. The number of benzene rings is 1. The number of carbonyl (C=O) groups excluding carboxylic acids is 4. The van der Waals surface area contributed by atoms with E-state index < -0.39 is 14.1 Å². The summed E-state index contributed by atoms with van der Waals surface area (Å²) in [7, 11) is -1.29. The van der Waals surface area contributed by atoms with E-state index in [1.165, 1.54) is 0 Å². The van der Waals surface area contributed by atoms with Crippen molar-refractivity contribution >= 4 is 31.9 Å². The number of hydrogen-bond acceptors (Lipinski definition) is 7. The lowest BCUT2D eigenvalue weighted by Crippen LogP contribution is -2.55. The molecule has 3 aliphatic heterocycles. The molecule has 1 unspecified atom stereocenters. The minimum Gasteiger partial charge on any atom is -0.490 e. The lowest BCUT2D eigenvalue weighted by molar-refractivity contribution is -0.158. The fourth-order valence-corrected chi connectivity index (χ4v) is 5.91. The van der Waals surface area contributed by atoms with Crippen LogP contribution in [-0.4, -0.2) is 91.8 Å². The Labute approximate surface area is 237 Å². The van der Waals surface area contributed by atoms with Gasteiger partial charge in [-0.1, -0.05) is 39.1 Å². The van der Waals surface area contributed by atoms with Crippen LogP contribution in [0.15, 0.2) is 18.2 Å². The summed E-state index contributed by atoms with van der Waals surface area (Å²) in [6, 6.07) is 5.73. The first-order valence-corrected chi connectivity index (χ1v) is 18.2. The van der Waals surface area contributed by atoms with Gasteiger partial charge in [0.15, 0.2) is 0 Å². The summed E-state index contributed by atoms with van der Waals surface area (Å²) in [6.07, 6.45) is 3.38. The van der Waals surface area contributed by atoms with Crippen molar-refractivity contribution in [2.24, 2.45) is 0 Å². The average molecular weight is 574 g/mol. The zero-order chi connectivity index (χ0) is 28.9. The van der Waals surface area contributed by atoms with Crippen LogP contribution in [0, 0.1) is 0 Å². The van der Waals surface area contributed by atoms with Crippen molar-refractivity contribution in [3.05, 3.63) is 29.3 Å². The smallest absolute Gasteiger partial charge is 0.409 e. The van der Waals surface area contributed by atoms with Gasteiger partial charge < -0.3 is 24.0 Å². The summed E-state index contributed by atoms with van der Waals surface area (Å²) in [4.78, 5) is 55.8. The van der Waals surface area contributed by atoms with Crippen LogP contribution in [0.5, 0.6) is 5.75 Å². The second-order valence-electron chi connectivity index (χ2n) is 12.1. The van der Waals surface area contributed by atoms with Gasteiger partial charge in [-0.05, 0) is 36.6 Å². The normalized spacial score (nSPS) is 20.2. The molecule has 2 saturated heterocycles. The second-order valence-corrected chi connectivity index (χ2v) is 17.7. The molecule has 0 aromatic heterocycles. The monoisotopic (exact) mass is 573 g/mol. The third kappa shape index (κ3) is 7.42. The Balaban J connectivity index is 1.31. The minimum atomic E-state index is -1.29. The molecule has 0 radical (unpaired) electrons. The fourth-order valence-electron chi connectivity index (χ4n) is 5.15. The quantitative estimate of drug-likeness (QED) is 0.221. The maximum Gasteiger partial charge on any atom is 0.409 e. The molecule has 2 fully saturated rings. The van der Waals surface area contributed by atoms with Gasteiger partial charge in [-0.3, -0.25) is 19.3 Å². The van der Waals surface area contributed by atoms with Crippen molar-refractivity contribution in [2.75, 3.05) is 33.0 Å². The van der Waals surface area contributed by atoms with Crippen LogP contribution in [0.25, 0.3) is 0 Å². The highest BCUT2D eigenvalue weighted by Gasteiger charge is 2.43. The van der Waals surface area contributed by atoms with Gasteiger partial charge in [0.25, 0.3) is 11.8 Å². The number of piperidine rings is 2. The first-order valence-electron chi connectivity index (χ1n) is 14.5. The lowest BCUT2D eigenvalue weighted by atomic mass is 10.0. The van der Waals surface area contributed by atoms with Gasteiger partial charge in [-0.25, -0.2) is 4.79 Å². The average Bonchev–Trinajstić information content (AvgIpc) is 3.23. The van der Waals surface area contributed by atoms with Gasteiger partial charge >= 0.3 is 6.09 Å². The maximum atomic E-state index is 13.4. The molecule has 0 bridgehead atoms. The molecule has 3 heterocycles. The Bertz CT molecular complexity index is 1100. The maximum absolute atomic E-state index is 13.4. The number of fused-ring (bicyclic) bond motifs is 1. The van der Waals surface area contributed by atoms with Gasteiger partial charge in [0, 0.05) is 59.1 Å². The summed E-state index contributed by atoms with van der Waals surface area (Å²) >= 11 is 0. The highest BCUT2D eigenvalue weighted by molar-refractivity contribution is 6.76. The minimum absolute atomic E-state index is 0.0641. The molecule has 11 heteroatoms. The van der Waals surface area contributed by atoms with Crippen molar-refractivity contribution in [2.45, 2.75) is 89.8 Å². The molecule has 3 aliphatic rings. The number of hydrogen-bond donors (Lipinski definition) is 0. The standard InChI is InChI=1S/C29H43N3O7Si/c1-5-6-15-38-29(36)30-13-11-22(12-14-30)39-23-8-7-21-19-31(27(34)24(21)18-23)25-9-10-26(33)32(28(25)35)20-37-16-17-40(2,3)4/h7-8,18,22,25H,5-6,9-17,19-20H2,1-4H3. The van der Waals surface area contributed by atoms with E-state index in [1.54, 1.807) is 15.9 Å². The van der Waals surface area contributed by atoms with Gasteiger partial charge in [-0.2, -0.15) is 0 Å². The van der Waals surface area contributed by atoms with Crippen molar-refractivity contribution in [3.8, 4) is 5.75 Å². The Morgan fingerprint density at radius 1 is 1.05 bits per heavy atom. The molecule has 4 amide bonds. The molecule has 40 heavy (non-hydrogen) atoms. The Morgan fingerprint density at radius 2 is 1.80 bits per heavy atom. The number of imide groups is 1. The predicted molar refractivity (Wildman–Crippen MR) is 152 cm³/mol. The van der Waals surface area contributed by atoms with E-state index in [1.807, 2.05) is 12.1 Å². The molecule has 1 aromatic rings. The number of amides is 4. The van der Waals surface area contributed by atoms with Crippen LogP contribution in [0.1, 0.15) is 61.4 Å². The van der Waals surface area contributed by atoms with Crippen LogP contribution in [-0.2, 0) is 25.6 Å². The first-order chi connectivity index (χ1) is 19.1. The second kappa shape index (κ2) is 13.2. The van der Waals surface area contributed by atoms with E-state index in [0.717, 1.165) is 29.3 Å². The van der Waals surface area contributed by atoms with E-state index in [2.05, 4.69) is 26.6 Å². The zero-order valence-electron chi connectivity index (χ0n) is 24.3. The summed E-state index contributed by atoms with van der Waals surface area (Å²) in [6.45, 7) is 11.1. The van der Waals surface area contributed by atoms with Crippen LogP contribution in [0.2, 0.25) is 25.7 Å². The largest absolute Gasteiger partial charge is 0.490 e. The highest BCUT2D eigenvalue weighted by atomic mass is 28.3. The highest BCUT2D eigenvalue weighted by Crippen LogP contribution is 2.32.